The van der Waals surface area contributed by atoms with E-state index in [1.54, 1.807) is 0 Å². The molecule has 0 aliphatic rings. The Labute approximate surface area is 131 Å². The summed E-state index contributed by atoms with van der Waals surface area (Å²) in [6, 6.07) is 13.6. The van der Waals surface area contributed by atoms with Crippen molar-refractivity contribution >= 4 is 31.5 Å². The molecule has 0 unspecified atom stereocenters. The van der Waals surface area contributed by atoms with E-state index in [0.29, 0.717) is 0 Å². The van der Waals surface area contributed by atoms with Gasteiger partial charge in [0.25, 0.3) is 0 Å². The molecule has 0 spiro atoms. The maximum absolute atomic E-state index is 2.43. The average Bonchev–Trinajstić information content (AvgIpc) is 2.73. The maximum Gasteiger partial charge on any atom is 0.0361 e. The van der Waals surface area contributed by atoms with Crippen molar-refractivity contribution in [1.29, 1.82) is 0 Å². The first-order valence-corrected chi connectivity index (χ1v) is 8.46. The van der Waals surface area contributed by atoms with Crippen LogP contribution in [0.25, 0.3) is 20.2 Å². The van der Waals surface area contributed by atoms with Crippen LogP contribution >= 0.6 is 11.3 Å². The quantitative estimate of drug-likeness (QED) is 0.435. The van der Waals surface area contributed by atoms with Gasteiger partial charge in [0, 0.05) is 20.2 Å². The highest BCUT2D eigenvalue weighted by Gasteiger charge is 2.24. The zero-order valence-corrected chi connectivity index (χ0v) is 14.7. The lowest BCUT2D eigenvalue weighted by atomic mass is 9.79. The van der Waals surface area contributed by atoms with E-state index in [9.17, 15) is 0 Å². The Morgan fingerprint density at radius 1 is 0.762 bits per heavy atom. The predicted octanol–water partition coefficient (Wildman–Crippen LogP) is 6.65. The third-order valence-corrected chi connectivity index (χ3v) is 5.27. The van der Waals surface area contributed by atoms with E-state index in [1.807, 2.05) is 11.3 Å². The monoisotopic (exact) mass is 296 g/mol. The summed E-state index contributed by atoms with van der Waals surface area (Å²) in [5, 5.41) is 2.86. The number of rotatable bonds is 0. The van der Waals surface area contributed by atoms with Crippen LogP contribution in [0.3, 0.4) is 0 Å². The molecule has 1 heterocycles. The van der Waals surface area contributed by atoms with E-state index in [2.05, 4.69) is 77.9 Å². The van der Waals surface area contributed by atoms with Crippen LogP contribution in [0.2, 0.25) is 0 Å². The molecular formula is C20H24S. The molecule has 1 heteroatoms. The first kappa shape index (κ1) is 14.6. The molecule has 0 aliphatic heterocycles. The summed E-state index contributed by atoms with van der Waals surface area (Å²) < 4.78 is 2.82. The van der Waals surface area contributed by atoms with Gasteiger partial charge in [-0.25, -0.2) is 0 Å². The molecule has 0 saturated carbocycles. The Bertz CT molecular complexity index is 807. The van der Waals surface area contributed by atoms with Gasteiger partial charge in [-0.1, -0.05) is 65.8 Å². The van der Waals surface area contributed by atoms with Crippen LogP contribution in [0.5, 0.6) is 0 Å². The minimum absolute atomic E-state index is 0.156. The van der Waals surface area contributed by atoms with Crippen LogP contribution in [-0.2, 0) is 10.8 Å². The maximum atomic E-state index is 2.43. The van der Waals surface area contributed by atoms with Crippen molar-refractivity contribution < 1.29 is 0 Å². The second-order valence-electron chi connectivity index (χ2n) is 8.00. The molecule has 0 fully saturated rings. The molecule has 0 N–H and O–H groups in total. The molecule has 0 nitrogen and oxygen atoms in total. The van der Waals surface area contributed by atoms with E-state index in [-0.39, 0.29) is 10.8 Å². The van der Waals surface area contributed by atoms with E-state index in [4.69, 9.17) is 0 Å². The van der Waals surface area contributed by atoms with Crippen LogP contribution in [-0.4, -0.2) is 0 Å². The van der Waals surface area contributed by atoms with Gasteiger partial charge in [-0.3, -0.25) is 0 Å². The van der Waals surface area contributed by atoms with Gasteiger partial charge < -0.3 is 0 Å². The van der Waals surface area contributed by atoms with Crippen molar-refractivity contribution in [2.75, 3.05) is 0 Å². The fourth-order valence-electron chi connectivity index (χ4n) is 2.88. The molecular weight excluding hydrogens is 272 g/mol. The lowest BCUT2D eigenvalue weighted by Crippen LogP contribution is -2.16. The number of hydrogen-bond donors (Lipinski definition) is 0. The van der Waals surface area contributed by atoms with Crippen LogP contribution in [0, 0.1) is 0 Å². The Hall–Kier alpha value is -1.34. The van der Waals surface area contributed by atoms with Crippen molar-refractivity contribution in [3.8, 4) is 0 Å². The average molecular weight is 296 g/mol. The molecule has 0 bridgehead atoms. The third kappa shape index (κ3) is 2.48. The summed E-state index contributed by atoms with van der Waals surface area (Å²) in [6.07, 6.45) is 0. The van der Waals surface area contributed by atoms with Crippen molar-refractivity contribution in [3.05, 3.63) is 47.5 Å². The molecule has 0 radical (unpaired) electrons. The second kappa shape index (κ2) is 4.58. The molecule has 0 amide bonds. The molecule has 110 valence electrons. The summed E-state index contributed by atoms with van der Waals surface area (Å²) in [7, 11) is 0. The molecule has 3 rings (SSSR count). The molecule has 0 aliphatic carbocycles. The minimum Gasteiger partial charge on any atom is -0.135 e. The lowest BCUT2D eigenvalue weighted by Gasteiger charge is -2.26. The number of thiophene rings is 1. The van der Waals surface area contributed by atoms with Gasteiger partial charge >= 0.3 is 0 Å². The van der Waals surface area contributed by atoms with Crippen molar-refractivity contribution in [2.45, 2.75) is 52.4 Å². The first-order chi connectivity index (χ1) is 9.68. The second-order valence-corrected chi connectivity index (χ2v) is 9.08. The number of hydrogen-bond acceptors (Lipinski definition) is 1. The predicted molar refractivity (Wildman–Crippen MR) is 96.7 cm³/mol. The summed E-state index contributed by atoms with van der Waals surface area (Å²) in [6.45, 7) is 13.9. The van der Waals surface area contributed by atoms with Gasteiger partial charge in [0.05, 0.1) is 0 Å². The van der Waals surface area contributed by atoms with Gasteiger partial charge in [0.15, 0.2) is 0 Å². The highest BCUT2D eigenvalue weighted by molar-refractivity contribution is 7.25. The highest BCUT2D eigenvalue weighted by Crippen LogP contribution is 2.42. The van der Waals surface area contributed by atoms with Gasteiger partial charge in [0.1, 0.15) is 0 Å². The minimum atomic E-state index is 0.156. The summed E-state index contributed by atoms with van der Waals surface area (Å²) in [5.74, 6) is 0. The molecule has 2 aromatic carbocycles. The lowest BCUT2D eigenvalue weighted by molar-refractivity contribution is 0.573. The number of fused-ring (bicyclic) bond motifs is 3. The standard InChI is InChI=1S/C20H24S/c1-19(2,3)13-11-15(20(4,5)6)18-14-9-7-8-10-16(14)21-17(18)12-13/h7-12H,1-6H3. The van der Waals surface area contributed by atoms with Crippen LogP contribution < -0.4 is 0 Å². The van der Waals surface area contributed by atoms with E-state index in [1.165, 1.54) is 31.3 Å². The SMILES string of the molecule is CC(C)(C)c1cc(C(C)(C)C)c2c(c1)sc1ccccc12. The normalized spacial score (nSPS) is 13.2. The largest absolute Gasteiger partial charge is 0.135 e. The summed E-state index contributed by atoms with van der Waals surface area (Å²) >= 11 is 1.92. The smallest absolute Gasteiger partial charge is 0.0361 e. The van der Waals surface area contributed by atoms with Gasteiger partial charge in [-0.2, -0.15) is 0 Å². The van der Waals surface area contributed by atoms with Crippen molar-refractivity contribution in [1.82, 2.24) is 0 Å². The first-order valence-electron chi connectivity index (χ1n) is 7.64. The van der Waals surface area contributed by atoms with Gasteiger partial charge in [0.2, 0.25) is 0 Å². The fourth-order valence-corrected chi connectivity index (χ4v) is 4.05. The zero-order chi connectivity index (χ0) is 15.4. The molecule has 0 saturated heterocycles. The molecule has 21 heavy (non-hydrogen) atoms. The van der Waals surface area contributed by atoms with Crippen LogP contribution in [0.4, 0.5) is 0 Å². The number of benzene rings is 2. The van der Waals surface area contributed by atoms with Gasteiger partial charge in [-0.15, -0.1) is 11.3 Å². The molecule has 3 aromatic rings. The Morgan fingerprint density at radius 3 is 2.05 bits per heavy atom. The van der Waals surface area contributed by atoms with E-state index >= 15 is 0 Å². The Balaban J connectivity index is 2.48. The fraction of sp³-hybridized carbons (Fsp3) is 0.400. The Kier molecular flexibility index (Phi) is 3.18. The summed E-state index contributed by atoms with van der Waals surface area (Å²) in [5.41, 5.74) is 3.25. The summed E-state index contributed by atoms with van der Waals surface area (Å²) in [4.78, 5) is 0. The van der Waals surface area contributed by atoms with Gasteiger partial charge in [-0.05, 0) is 34.1 Å². The van der Waals surface area contributed by atoms with Crippen molar-refractivity contribution in [2.24, 2.45) is 0 Å². The Morgan fingerprint density at radius 2 is 1.43 bits per heavy atom. The van der Waals surface area contributed by atoms with Crippen LogP contribution in [0.15, 0.2) is 36.4 Å². The van der Waals surface area contributed by atoms with E-state index < -0.39 is 0 Å². The molecule has 0 atom stereocenters. The van der Waals surface area contributed by atoms with Crippen molar-refractivity contribution in [3.63, 3.8) is 0 Å². The molecule has 1 aromatic heterocycles. The highest BCUT2D eigenvalue weighted by atomic mass is 32.1. The van der Waals surface area contributed by atoms with E-state index in [0.717, 1.165) is 0 Å². The topological polar surface area (TPSA) is 0 Å². The third-order valence-electron chi connectivity index (χ3n) is 4.15. The zero-order valence-electron chi connectivity index (χ0n) is 13.9. The van der Waals surface area contributed by atoms with Crippen LogP contribution in [0.1, 0.15) is 52.7 Å².